The topological polar surface area (TPSA) is 126 Å². The molecule has 2 atom stereocenters. The maximum Gasteiger partial charge on any atom is 0.258 e. The first-order valence-corrected chi connectivity index (χ1v) is 12.5. The Morgan fingerprint density at radius 3 is 2.79 bits per heavy atom. The molecule has 3 N–H and O–H groups in total. The molecule has 0 saturated carbocycles. The molecule has 0 bridgehead atoms. The summed E-state index contributed by atoms with van der Waals surface area (Å²) in [6, 6.07) is 12.7. The van der Waals surface area contributed by atoms with E-state index >= 15 is 0 Å². The van der Waals surface area contributed by atoms with Crippen molar-refractivity contribution in [1.82, 2.24) is 25.0 Å². The molecule has 38 heavy (non-hydrogen) atoms. The van der Waals surface area contributed by atoms with Gasteiger partial charge < -0.3 is 25.1 Å². The lowest BCUT2D eigenvalue weighted by atomic mass is 10.0. The molecule has 0 saturated heterocycles. The van der Waals surface area contributed by atoms with E-state index in [1.54, 1.807) is 54.3 Å². The van der Waals surface area contributed by atoms with Crippen LogP contribution in [0, 0.1) is 0 Å². The minimum atomic E-state index is -0.752. The lowest BCUT2D eigenvalue weighted by Gasteiger charge is -2.32. The Labute approximate surface area is 224 Å². The summed E-state index contributed by atoms with van der Waals surface area (Å²) in [4.78, 5) is 32.3. The average Bonchev–Trinajstić information content (AvgIpc) is 3.54. The summed E-state index contributed by atoms with van der Waals surface area (Å²) >= 11 is 6.06. The van der Waals surface area contributed by atoms with Gasteiger partial charge in [-0.1, -0.05) is 23.7 Å². The van der Waals surface area contributed by atoms with Crippen LogP contribution in [0.2, 0.25) is 5.02 Å². The van der Waals surface area contributed by atoms with E-state index in [0.717, 1.165) is 11.4 Å². The van der Waals surface area contributed by atoms with E-state index in [1.165, 1.54) is 4.90 Å². The van der Waals surface area contributed by atoms with Crippen LogP contribution in [-0.2, 0) is 18.3 Å². The van der Waals surface area contributed by atoms with E-state index < -0.39 is 12.1 Å². The van der Waals surface area contributed by atoms with Crippen LogP contribution in [0.25, 0.3) is 11.3 Å². The van der Waals surface area contributed by atoms with Crippen molar-refractivity contribution in [3.63, 3.8) is 0 Å². The molecule has 0 radical (unpaired) electrons. The molecule has 1 aliphatic heterocycles. The van der Waals surface area contributed by atoms with Gasteiger partial charge in [-0.3, -0.25) is 14.3 Å². The number of nitrogens with one attached hydrogen (secondary N) is 2. The fraction of sp³-hybridized carbons (Fsp3) is 0.259. The Morgan fingerprint density at radius 2 is 2.05 bits per heavy atom. The second-order valence-corrected chi connectivity index (χ2v) is 9.50. The number of pyridine rings is 1. The summed E-state index contributed by atoms with van der Waals surface area (Å²) in [7, 11) is 1.83. The maximum absolute atomic E-state index is 13.4. The first-order valence-electron chi connectivity index (χ1n) is 12.2. The van der Waals surface area contributed by atoms with Crippen molar-refractivity contribution in [1.29, 1.82) is 0 Å². The number of fused-ring (bicyclic) bond motifs is 1. The van der Waals surface area contributed by atoms with Crippen molar-refractivity contribution in [3.05, 3.63) is 82.8 Å². The van der Waals surface area contributed by atoms with Crippen LogP contribution in [0.1, 0.15) is 34.6 Å². The summed E-state index contributed by atoms with van der Waals surface area (Å²) in [6.07, 6.45) is 3.82. The Kier molecular flexibility index (Phi) is 7.17. The van der Waals surface area contributed by atoms with Gasteiger partial charge in [-0.25, -0.2) is 4.98 Å². The van der Waals surface area contributed by atoms with Gasteiger partial charge in [0, 0.05) is 42.9 Å². The first kappa shape index (κ1) is 25.5. The number of rotatable bonds is 8. The zero-order valence-electron chi connectivity index (χ0n) is 20.9. The molecule has 3 aromatic heterocycles. The van der Waals surface area contributed by atoms with Crippen molar-refractivity contribution in [3.8, 4) is 11.3 Å². The third-order valence-electron chi connectivity index (χ3n) is 6.60. The second kappa shape index (κ2) is 10.7. The molecule has 1 aliphatic rings. The number of hydrogen-bond acceptors (Lipinski definition) is 7. The van der Waals surface area contributed by atoms with Crippen molar-refractivity contribution in [2.75, 3.05) is 18.5 Å². The van der Waals surface area contributed by atoms with Gasteiger partial charge in [0.05, 0.1) is 24.4 Å². The van der Waals surface area contributed by atoms with Crippen LogP contribution in [-0.4, -0.2) is 55.8 Å². The first-order chi connectivity index (χ1) is 18.3. The molecule has 196 valence electrons. The number of amides is 2. The number of aryl methyl sites for hydroxylation is 1. The summed E-state index contributed by atoms with van der Waals surface area (Å²) in [5.74, 6) is 1.86. The minimum absolute atomic E-state index is 0.283. The largest absolute Gasteiger partial charge is 0.460 e. The summed E-state index contributed by atoms with van der Waals surface area (Å²) in [6.45, 7) is 1.70. The van der Waals surface area contributed by atoms with Crippen LogP contribution in [0.4, 0.5) is 11.6 Å². The van der Waals surface area contributed by atoms with Crippen LogP contribution in [0.3, 0.4) is 0 Å². The van der Waals surface area contributed by atoms with Gasteiger partial charge in [-0.15, -0.1) is 0 Å². The lowest BCUT2D eigenvalue weighted by Crippen LogP contribution is -2.51. The molecule has 4 heterocycles. The number of aliphatic hydroxyl groups excluding tert-OH is 1. The van der Waals surface area contributed by atoms with Crippen LogP contribution in [0.15, 0.2) is 65.3 Å². The highest BCUT2D eigenvalue weighted by Gasteiger charge is 2.34. The van der Waals surface area contributed by atoms with Crippen molar-refractivity contribution < 1.29 is 19.1 Å². The smallest absolute Gasteiger partial charge is 0.258 e. The number of halogens is 1. The van der Waals surface area contributed by atoms with Gasteiger partial charge in [0.2, 0.25) is 5.91 Å². The minimum Gasteiger partial charge on any atom is -0.460 e. The summed E-state index contributed by atoms with van der Waals surface area (Å²) in [5.41, 5.74) is 1.87. The van der Waals surface area contributed by atoms with Gasteiger partial charge in [0.1, 0.15) is 29.2 Å². The molecule has 0 spiro atoms. The molecular weight excluding hydrogens is 508 g/mol. The SMILES string of the molecule is C[C@H](C(=O)N[C@H](CO)c1cccc(Cl)c1)N1CCc2oc(-c3ccnc(Nc4ccnn4C)c3)cc2C1=O. The molecule has 11 heteroatoms. The molecule has 0 aliphatic carbocycles. The van der Waals surface area contributed by atoms with E-state index in [0.29, 0.717) is 46.5 Å². The lowest BCUT2D eigenvalue weighted by molar-refractivity contribution is -0.126. The number of nitrogens with zero attached hydrogens (tertiary/aromatic N) is 4. The predicted octanol–water partition coefficient (Wildman–Crippen LogP) is 3.71. The Morgan fingerprint density at radius 1 is 1.21 bits per heavy atom. The maximum atomic E-state index is 13.4. The van der Waals surface area contributed by atoms with E-state index in [-0.39, 0.29) is 18.4 Å². The Balaban J connectivity index is 1.30. The van der Waals surface area contributed by atoms with Gasteiger partial charge in [-0.05, 0) is 42.8 Å². The number of hydrogen-bond donors (Lipinski definition) is 3. The van der Waals surface area contributed by atoms with Gasteiger partial charge >= 0.3 is 0 Å². The molecule has 0 unspecified atom stereocenters. The number of aromatic nitrogens is 3. The average molecular weight is 535 g/mol. The van der Waals surface area contributed by atoms with Crippen molar-refractivity contribution >= 4 is 35.1 Å². The van der Waals surface area contributed by atoms with E-state index in [1.807, 2.05) is 25.2 Å². The number of carbonyl (C=O) groups excluding carboxylic acids is 2. The molecule has 0 fully saturated rings. The summed E-state index contributed by atoms with van der Waals surface area (Å²) < 4.78 is 7.75. The van der Waals surface area contributed by atoms with E-state index in [2.05, 4.69) is 20.7 Å². The van der Waals surface area contributed by atoms with Gasteiger partial charge in [-0.2, -0.15) is 5.10 Å². The standard InChI is InChI=1S/C27H27ClN6O4/c1-16(26(36)31-21(15-35)17-4-3-5-19(28)12-17)34-11-8-22-20(27(34)37)14-23(38-22)18-6-9-29-24(13-18)32-25-7-10-30-33(25)2/h3-7,9-10,12-14,16,21,35H,8,11,15H2,1-2H3,(H,29,32)(H,31,36)/t16-,21-/m1/s1. The van der Waals surface area contributed by atoms with E-state index in [9.17, 15) is 14.7 Å². The quantitative estimate of drug-likeness (QED) is 0.314. The Bertz CT molecular complexity index is 1480. The van der Waals surface area contributed by atoms with Gasteiger partial charge in [0.15, 0.2) is 0 Å². The zero-order valence-corrected chi connectivity index (χ0v) is 21.6. The van der Waals surface area contributed by atoms with Crippen LogP contribution >= 0.6 is 11.6 Å². The van der Waals surface area contributed by atoms with Crippen LogP contribution < -0.4 is 10.6 Å². The fourth-order valence-electron chi connectivity index (χ4n) is 4.46. The number of carbonyl (C=O) groups is 2. The second-order valence-electron chi connectivity index (χ2n) is 9.07. The summed E-state index contributed by atoms with van der Waals surface area (Å²) in [5, 5.41) is 20.5. The third-order valence-corrected chi connectivity index (χ3v) is 6.83. The van der Waals surface area contributed by atoms with Gasteiger partial charge in [0.25, 0.3) is 5.91 Å². The third kappa shape index (κ3) is 5.13. The number of benzene rings is 1. The molecule has 5 rings (SSSR count). The number of furan rings is 1. The molecular formula is C27H27ClN6O4. The highest BCUT2D eigenvalue weighted by Crippen LogP contribution is 2.31. The highest BCUT2D eigenvalue weighted by atomic mass is 35.5. The van der Waals surface area contributed by atoms with Crippen molar-refractivity contribution in [2.45, 2.75) is 25.4 Å². The highest BCUT2D eigenvalue weighted by molar-refractivity contribution is 6.30. The van der Waals surface area contributed by atoms with Crippen molar-refractivity contribution in [2.24, 2.45) is 7.05 Å². The molecule has 2 amide bonds. The fourth-order valence-corrected chi connectivity index (χ4v) is 4.66. The normalized spacial score (nSPS) is 14.6. The number of aliphatic hydroxyl groups is 1. The monoisotopic (exact) mass is 534 g/mol. The number of anilines is 2. The Hall–Kier alpha value is -4.15. The van der Waals surface area contributed by atoms with E-state index in [4.69, 9.17) is 16.0 Å². The molecule has 4 aromatic rings. The van der Waals surface area contributed by atoms with Crippen LogP contribution in [0.5, 0.6) is 0 Å². The molecule has 1 aromatic carbocycles. The zero-order chi connectivity index (χ0) is 26.8. The predicted molar refractivity (Wildman–Crippen MR) is 142 cm³/mol. The molecule has 10 nitrogen and oxygen atoms in total.